The fraction of sp³-hybridized carbons (Fsp3) is 0.111. The van der Waals surface area contributed by atoms with Crippen LogP contribution in [0.1, 0.15) is 11.1 Å². The van der Waals surface area contributed by atoms with Gasteiger partial charge in [0.1, 0.15) is 5.60 Å². The van der Waals surface area contributed by atoms with E-state index in [1.807, 2.05) is 65.4 Å². The van der Waals surface area contributed by atoms with Crippen molar-refractivity contribution in [1.82, 2.24) is 14.5 Å². The van der Waals surface area contributed by atoms with E-state index in [4.69, 9.17) is 0 Å². The number of aliphatic hydroxyl groups is 1. The molecule has 0 saturated heterocycles. The summed E-state index contributed by atoms with van der Waals surface area (Å²) in [6.45, 7) is 0.389. The highest BCUT2D eigenvalue weighted by Gasteiger charge is 2.26. The van der Waals surface area contributed by atoms with E-state index in [9.17, 15) is 5.11 Å². The highest BCUT2D eigenvalue weighted by atomic mass is 16.3. The van der Waals surface area contributed by atoms with E-state index in [1.165, 1.54) is 0 Å². The molecule has 0 radical (unpaired) electrons. The van der Waals surface area contributed by atoms with Gasteiger partial charge in [0.2, 0.25) is 0 Å². The Labute approximate surface area is 129 Å². The van der Waals surface area contributed by atoms with Crippen LogP contribution in [0.5, 0.6) is 0 Å². The van der Waals surface area contributed by atoms with Gasteiger partial charge in [-0.05, 0) is 29.3 Å². The van der Waals surface area contributed by atoms with Crippen molar-refractivity contribution >= 4 is 6.08 Å². The van der Waals surface area contributed by atoms with Crippen LogP contribution < -0.4 is 0 Å². The zero-order valence-electron chi connectivity index (χ0n) is 12.1. The first-order valence-corrected chi connectivity index (χ1v) is 7.09. The predicted molar refractivity (Wildman–Crippen MR) is 85.8 cm³/mol. The van der Waals surface area contributed by atoms with Crippen molar-refractivity contribution in [3.05, 3.63) is 90.8 Å². The molecule has 3 rings (SSSR count). The van der Waals surface area contributed by atoms with Gasteiger partial charge in [-0.1, -0.05) is 36.4 Å². The highest BCUT2D eigenvalue weighted by molar-refractivity contribution is 5.51. The molecule has 4 nitrogen and oxygen atoms in total. The molecule has 1 N–H and O–H groups in total. The summed E-state index contributed by atoms with van der Waals surface area (Å²) in [6, 6.07) is 13.6. The summed E-state index contributed by atoms with van der Waals surface area (Å²) >= 11 is 0. The fourth-order valence-corrected chi connectivity index (χ4v) is 2.34. The molecular formula is C18H17N3O. The molecule has 0 fully saturated rings. The van der Waals surface area contributed by atoms with Crippen molar-refractivity contribution in [2.24, 2.45) is 0 Å². The molecule has 0 bridgehead atoms. The van der Waals surface area contributed by atoms with Gasteiger partial charge >= 0.3 is 0 Å². The molecule has 0 saturated carbocycles. The second-order valence-electron chi connectivity index (χ2n) is 5.14. The number of nitrogens with zero attached hydrogens (tertiary/aromatic N) is 3. The topological polar surface area (TPSA) is 50.9 Å². The van der Waals surface area contributed by atoms with Gasteiger partial charge in [0.15, 0.2) is 0 Å². The number of aromatic nitrogens is 3. The molecule has 3 aromatic rings. The Balaban J connectivity index is 1.94. The predicted octanol–water partition coefficient (Wildman–Crippen LogP) is 2.88. The average Bonchev–Trinajstić information content (AvgIpc) is 3.08. The second kappa shape index (κ2) is 6.37. The Hall–Kier alpha value is -2.72. The van der Waals surface area contributed by atoms with Gasteiger partial charge in [0.25, 0.3) is 0 Å². The van der Waals surface area contributed by atoms with Crippen LogP contribution in [-0.2, 0) is 12.1 Å². The largest absolute Gasteiger partial charge is 0.379 e. The summed E-state index contributed by atoms with van der Waals surface area (Å²) in [7, 11) is 0. The summed E-state index contributed by atoms with van der Waals surface area (Å²) < 4.78 is 1.86. The monoisotopic (exact) mass is 291 g/mol. The van der Waals surface area contributed by atoms with E-state index in [1.54, 1.807) is 24.9 Å². The van der Waals surface area contributed by atoms with Crippen LogP contribution in [0.25, 0.3) is 6.08 Å². The molecule has 110 valence electrons. The normalized spacial score (nSPS) is 14.0. The number of pyridine rings is 1. The molecule has 22 heavy (non-hydrogen) atoms. The molecule has 0 unspecified atom stereocenters. The zero-order chi connectivity index (χ0) is 15.3. The Morgan fingerprint density at radius 3 is 2.45 bits per heavy atom. The Bertz CT molecular complexity index is 724. The maximum atomic E-state index is 11.2. The van der Waals surface area contributed by atoms with Gasteiger partial charge in [-0.3, -0.25) is 4.98 Å². The SMILES string of the molecule is O[C@](/C=C\c1ccccc1)(Cn1ccnc1)c1ccncc1. The summed E-state index contributed by atoms with van der Waals surface area (Å²) in [6.07, 6.45) is 12.4. The molecule has 0 aliphatic heterocycles. The summed E-state index contributed by atoms with van der Waals surface area (Å²) in [4.78, 5) is 8.05. The van der Waals surface area contributed by atoms with E-state index in [-0.39, 0.29) is 0 Å². The van der Waals surface area contributed by atoms with Crippen LogP contribution in [0.2, 0.25) is 0 Å². The molecule has 0 aliphatic carbocycles. The lowest BCUT2D eigenvalue weighted by Crippen LogP contribution is -2.28. The van der Waals surface area contributed by atoms with Gasteiger partial charge < -0.3 is 9.67 Å². The van der Waals surface area contributed by atoms with Crippen LogP contribution >= 0.6 is 0 Å². The second-order valence-corrected chi connectivity index (χ2v) is 5.14. The van der Waals surface area contributed by atoms with Crippen molar-refractivity contribution in [2.75, 3.05) is 0 Å². The van der Waals surface area contributed by atoms with Crippen LogP contribution in [0.15, 0.2) is 79.7 Å². The third-order valence-corrected chi connectivity index (χ3v) is 3.51. The Morgan fingerprint density at radius 2 is 1.77 bits per heavy atom. The summed E-state index contributed by atoms with van der Waals surface area (Å²) in [5.74, 6) is 0. The van der Waals surface area contributed by atoms with Crippen LogP contribution in [0.4, 0.5) is 0 Å². The quantitative estimate of drug-likeness (QED) is 0.786. The van der Waals surface area contributed by atoms with Gasteiger partial charge in [-0.2, -0.15) is 0 Å². The number of hydrogen-bond donors (Lipinski definition) is 1. The number of hydrogen-bond acceptors (Lipinski definition) is 3. The average molecular weight is 291 g/mol. The van der Waals surface area contributed by atoms with E-state index in [0.29, 0.717) is 6.54 Å². The molecule has 1 aromatic carbocycles. The van der Waals surface area contributed by atoms with E-state index in [0.717, 1.165) is 11.1 Å². The first-order valence-electron chi connectivity index (χ1n) is 7.09. The van der Waals surface area contributed by atoms with Crippen LogP contribution in [0, 0.1) is 0 Å². The van der Waals surface area contributed by atoms with Gasteiger partial charge in [0.05, 0.1) is 12.9 Å². The van der Waals surface area contributed by atoms with Crippen molar-refractivity contribution in [3.8, 4) is 0 Å². The maximum Gasteiger partial charge on any atom is 0.126 e. The summed E-state index contributed by atoms with van der Waals surface area (Å²) in [5, 5.41) is 11.2. The van der Waals surface area contributed by atoms with Crippen molar-refractivity contribution < 1.29 is 5.11 Å². The lowest BCUT2D eigenvalue weighted by Gasteiger charge is -2.25. The molecule has 1 atom stereocenters. The van der Waals surface area contributed by atoms with Gasteiger partial charge in [-0.15, -0.1) is 0 Å². The first kappa shape index (κ1) is 14.2. The molecule has 0 amide bonds. The maximum absolute atomic E-state index is 11.2. The van der Waals surface area contributed by atoms with Crippen molar-refractivity contribution in [2.45, 2.75) is 12.1 Å². The van der Waals surface area contributed by atoms with Gasteiger partial charge in [-0.25, -0.2) is 4.98 Å². The highest BCUT2D eigenvalue weighted by Crippen LogP contribution is 2.25. The Kier molecular flexibility index (Phi) is 4.12. The number of benzene rings is 1. The third-order valence-electron chi connectivity index (χ3n) is 3.51. The molecular weight excluding hydrogens is 274 g/mol. The third kappa shape index (κ3) is 3.30. The molecule has 0 aliphatic rings. The van der Waals surface area contributed by atoms with Crippen molar-refractivity contribution in [3.63, 3.8) is 0 Å². The molecule has 4 heteroatoms. The Morgan fingerprint density at radius 1 is 1.00 bits per heavy atom. The minimum Gasteiger partial charge on any atom is -0.379 e. The smallest absolute Gasteiger partial charge is 0.126 e. The molecule has 2 heterocycles. The fourth-order valence-electron chi connectivity index (χ4n) is 2.34. The number of rotatable bonds is 5. The summed E-state index contributed by atoms with van der Waals surface area (Å²) in [5.41, 5.74) is 0.712. The standard InChI is InChI=1S/C18H17N3O/c22-18(14-21-13-12-20-15-21,17-7-10-19-11-8-17)9-6-16-4-2-1-3-5-16/h1-13,15,22H,14H2/b9-6-/t18-/m1/s1. The zero-order valence-corrected chi connectivity index (χ0v) is 12.1. The first-order chi connectivity index (χ1) is 10.8. The minimum atomic E-state index is -1.13. The lowest BCUT2D eigenvalue weighted by molar-refractivity contribution is 0.0703. The van der Waals surface area contributed by atoms with E-state index >= 15 is 0 Å². The van der Waals surface area contributed by atoms with E-state index in [2.05, 4.69) is 9.97 Å². The van der Waals surface area contributed by atoms with Crippen LogP contribution in [0.3, 0.4) is 0 Å². The lowest BCUT2D eigenvalue weighted by atomic mass is 9.93. The van der Waals surface area contributed by atoms with Crippen molar-refractivity contribution in [1.29, 1.82) is 0 Å². The number of imidazole rings is 1. The van der Waals surface area contributed by atoms with Crippen LogP contribution in [-0.4, -0.2) is 19.6 Å². The molecule has 2 aromatic heterocycles. The minimum absolute atomic E-state index is 0.389. The van der Waals surface area contributed by atoms with E-state index < -0.39 is 5.60 Å². The van der Waals surface area contributed by atoms with Gasteiger partial charge in [0, 0.05) is 24.8 Å². The molecule has 0 spiro atoms.